The summed E-state index contributed by atoms with van der Waals surface area (Å²) in [7, 11) is 0.704. The van der Waals surface area contributed by atoms with Crippen molar-refractivity contribution in [3.05, 3.63) is 92.3 Å². The molecule has 4 aromatic rings. The van der Waals surface area contributed by atoms with Gasteiger partial charge in [0.15, 0.2) is 0 Å². The minimum atomic E-state index is -5.09. The third-order valence-electron chi connectivity index (χ3n) is 6.27. The summed E-state index contributed by atoms with van der Waals surface area (Å²) in [5.41, 5.74) is -0.535. The quantitative estimate of drug-likeness (QED) is 0.337. The highest BCUT2D eigenvalue weighted by Gasteiger charge is 2.40. The number of nitrogens with zero attached hydrogens (tertiary/aromatic N) is 4. The van der Waals surface area contributed by atoms with Gasteiger partial charge in [0.25, 0.3) is 5.56 Å². The molecule has 2 aromatic carbocycles. The fourth-order valence-electron chi connectivity index (χ4n) is 4.50. The van der Waals surface area contributed by atoms with E-state index in [0.29, 0.717) is 23.7 Å². The summed E-state index contributed by atoms with van der Waals surface area (Å²) < 4.78 is 97.9. The average Bonchev–Trinajstić information content (AvgIpc) is 3.22. The lowest BCUT2D eigenvalue weighted by Crippen LogP contribution is -2.41. The van der Waals surface area contributed by atoms with Crippen molar-refractivity contribution in [2.45, 2.75) is 37.7 Å². The van der Waals surface area contributed by atoms with Crippen LogP contribution in [0.15, 0.2) is 58.1 Å². The highest BCUT2D eigenvalue weighted by atomic mass is 19.4. The van der Waals surface area contributed by atoms with Crippen molar-refractivity contribution in [2.75, 3.05) is 0 Å². The molecule has 8 nitrogen and oxygen atoms in total. The Morgan fingerprint density at radius 3 is 2.23 bits per heavy atom. The maximum absolute atomic E-state index is 15.1. The molecule has 0 saturated heterocycles. The number of carbonyl (C=O) groups is 1. The Labute approximate surface area is 220 Å². The average molecular weight is 571 g/mol. The fourth-order valence-corrected chi connectivity index (χ4v) is 4.50. The highest BCUT2D eigenvalue weighted by Crippen LogP contribution is 2.37. The van der Waals surface area contributed by atoms with Crippen LogP contribution in [-0.4, -0.2) is 24.6 Å². The first-order valence-corrected chi connectivity index (χ1v) is 11.6. The molecule has 15 heteroatoms. The molecule has 1 amide bonds. The van der Waals surface area contributed by atoms with Crippen LogP contribution in [0.2, 0.25) is 0 Å². The minimum absolute atomic E-state index is 0.0454. The number of aryl methyl sites for hydroxylation is 1. The molecule has 0 saturated carbocycles. The lowest BCUT2D eigenvalue weighted by Gasteiger charge is -2.22. The molecule has 1 atom stereocenters. The van der Waals surface area contributed by atoms with Gasteiger partial charge in [0.2, 0.25) is 11.7 Å². The van der Waals surface area contributed by atoms with Crippen LogP contribution >= 0.6 is 0 Å². The number of nitrogens with two attached hydrogens (primary N) is 1. The van der Waals surface area contributed by atoms with Gasteiger partial charge < -0.3 is 10.3 Å². The molecule has 0 fully saturated rings. The number of rotatable bonds is 7. The molecule has 0 aliphatic heterocycles. The standard InChI is InChI=1S/C25H20F7N5O3/c1-35-19(24(27,28)29)12-21(39)37(23(35)40)17-11-18-16(10-15(17)26)34-22(25(30,31)32)36(18)14(9-20(33)38)8-7-13-5-3-2-4-6-13/h2-6,10-12,14H,7-9H2,1H3,(H2,33,38). The number of amides is 1. The molecule has 2 heterocycles. The smallest absolute Gasteiger partial charge is 0.370 e. The molecule has 212 valence electrons. The van der Waals surface area contributed by atoms with E-state index in [1.807, 2.05) is 0 Å². The van der Waals surface area contributed by atoms with Crippen LogP contribution in [0.5, 0.6) is 0 Å². The number of benzene rings is 2. The minimum Gasteiger partial charge on any atom is -0.370 e. The zero-order chi connectivity index (χ0) is 29.6. The highest BCUT2D eigenvalue weighted by molar-refractivity contribution is 5.80. The Balaban J connectivity index is 1.97. The van der Waals surface area contributed by atoms with Crippen molar-refractivity contribution in [2.24, 2.45) is 12.8 Å². The van der Waals surface area contributed by atoms with E-state index in [1.165, 1.54) is 0 Å². The molecular weight excluding hydrogens is 551 g/mol. The normalized spacial score (nSPS) is 13.1. The first-order valence-electron chi connectivity index (χ1n) is 11.6. The summed E-state index contributed by atoms with van der Waals surface area (Å²) in [5, 5.41) is 0. The SMILES string of the molecule is Cn1c(C(F)(F)F)cc(=O)n(-c2cc3c(cc2F)nc(C(F)(F)F)n3C(CCc2ccccc2)CC(N)=O)c1=O. The second-order valence-electron chi connectivity index (χ2n) is 8.99. The number of aromatic nitrogens is 4. The van der Waals surface area contributed by atoms with E-state index < -0.39 is 76.0 Å². The molecular formula is C25H20F7N5O3. The van der Waals surface area contributed by atoms with Crippen molar-refractivity contribution in [3.63, 3.8) is 0 Å². The second kappa shape index (κ2) is 10.3. The van der Waals surface area contributed by atoms with Gasteiger partial charge in [-0.15, -0.1) is 0 Å². The van der Waals surface area contributed by atoms with E-state index in [1.54, 1.807) is 30.3 Å². The Morgan fingerprint density at radius 1 is 1.00 bits per heavy atom. The summed E-state index contributed by atoms with van der Waals surface area (Å²) >= 11 is 0. The van der Waals surface area contributed by atoms with Crippen LogP contribution in [0.3, 0.4) is 0 Å². The van der Waals surface area contributed by atoms with Crippen LogP contribution < -0.4 is 17.0 Å². The van der Waals surface area contributed by atoms with Gasteiger partial charge in [-0.2, -0.15) is 26.3 Å². The van der Waals surface area contributed by atoms with Crippen LogP contribution in [0.4, 0.5) is 30.7 Å². The lowest BCUT2D eigenvalue weighted by atomic mass is 10.0. The third kappa shape index (κ3) is 5.49. The molecule has 2 N–H and O–H groups in total. The summed E-state index contributed by atoms with van der Waals surface area (Å²) in [5.74, 6) is -3.82. The number of carbonyl (C=O) groups excluding carboxylic acids is 1. The zero-order valence-corrected chi connectivity index (χ0v) is 20.6. The number of primary amides is 1. The van der Waals surface area contributed by atoms with E-state index in [2.05, 4.69) is 4.98 Å². The van der Waals surface area contributed by atoms with Gasteiger partial charge in [-0.25, -0.2) is 18.7 Å². The van der Waals surface area contributed by atoms with E-state index >= 15 is 4.39 Å². The number of hydrogen-bond donors (Lipinski definition) is 1. The predicted molar refractivity (Wildman–Crippen MR) is 128 cm³/mol. The molecule has 0 radical (unpaired) electrons. The summed E-state index contributed by atoms with van der Waals surface area (Å²) in [6.45, 7) is 0. The van der Waals surface area contributed by atoms with Gasteiger partial charge >= 0.3 is 18.0 Å². The number of imidazole rings is 1. The Morgan fingerprint density at radius 2 is 1.65 bits per heavy atom. The van der Waals surface area contributed by atoms with Crippen molar-refractivity contribution in [1.82, 2.24) is 18.7 Å². The number of halogens is 7. The van der Waals surface area contributed by atoms with E-state index in [0.717, 1.165) is 5.56 Å². The van der Waals surface area contributed by atoms with Gasteiger partial charge in [0, 0.05) is 31.6 Å². The van der Waals surface area contributed by atoms with Crippen molar-refractivity contribution < 1.29 is 35.5 Å². The van der Waals surface area contributed by atoms with Gasteiger partial charge in [-0.05, 0) is 24.5 Å². The Hall–Kier alpha value is -4.43. The third-order valence-corrected chi connectivity index (χ3v) is 6.27. The van der Waals surface area contributed by atoms with Crippen LogP contribution in [0.1, 0.15) is 36.0 Å². The number of hydrogen-bond acceptors (Lipinski definition) is 4. The van der Waals surface area contributed by atoms with E-state index in [9.17, 15) is 40.7 Å². The van der Waals surface area contributed by atoms with Crippen LogP contribution in [-0.2, 0) is 30.6 Å². The summed E-state index contributed by atoms with van der Waals surface area (Å²) in [4.78, 5) is 40.6. The van der Waals surface area contributed by atoms with E-state index in [-0.39, 0.29) is 28.0 Å². The summed E-state index contributed by atoms with van der Waals surface area (Å²) in [6, 6.07) is 8.66. The monoisotopic (exact) mass is 571 g/mol. The van der Waals surface area contributed by atoms with E-state index in [4.69, 9.17) is 5.73 Å². The first kappa shape index (κ1) is 28.6. The lowest BCUT2D eigenvalue weighted by molar-refractivity contribution is -0.148. The molecule has 0 spiro atoms. The van der Waals surface area contributed by atoms with Crippen molar-refractivity contribution >= 4 is 16.9 Å². The molecule has 2 aromatic heterocycles. The molecule has 40 heavy (non-hydrogen) atoms. The molecule has 0 bridgehead atoms. The largest absolute Gasteiger partial charge is 0.449 e. The van der Waals surface area contributed by atoms with Gasteiger partial charge in [0.1, 0.15) is 11.5 Å². The number of fused-ring (bicyclic) bond motifs is 1. The van der Waals surface area contributed by atoms with Crippen LogP contribution in [0, 0.1) is 5.82 Å². The van der Waals surface area contributed by atoms with Crippen LogP contribution in [0.25, 0.3) is 16.7 Å². The van der Waals surface area contributed by atoms with Gasteiger partial charge in [-0.3, -0.25) is 14.2 Å². The molecule has 4 rings (SSSR count). The molecule has 0 aliphatic carbocycles. The second-order valence-corrected chi connectivity index (χ2v) is 8.99. The first-order chi connectivity index (χ1) is 18.6. The summed E-state index contributed by atoms with van der Waals surface area (Å²) in [6.07, 6.45) is -10.6. The molecule has 0 aliphatic rings. The topological polar surface area (TPSA) is 105 Å². The van der Waals surface area contributed by atoms with Crippen molar-refractivity contribution in [1.29, 1.82) is 0 Å². The Bertz CT molecular complexity index is 1700. The van der Waals surface area contributed by atoms with Crippen molar-refractivity contribution in [3.8, 4) is 5.69 Å². The molecule has 1 unspecified atom stereocenters. The maximum atomic E-state index is 15.1. The predicted octanol–water partition coefficient (Wildman–Crippen LogP) is 4.11. The number of alkyl halides is 6. The van der Waals surface area contributed by atoms with Gasteiger partial charge in [-0.1, -0.05) is 30.3 Å². The Kier molecular flexibility index (Phi) is 7.34. The zero-order valence-electron chi connectivity index (χ0n) is 20.6. The maximum Gasteiger partial charge on any atom is 0.449 e. The van der Waals surface area contributed by atoms with Gasteiger partial charge in [0.05, 0.1) is 16.7 Å². The fraction of sp³-hybridized carbons (Fsp3) is 0.280.